The van der Waals surface area contributed by atoms with E-state index in [1.807, 2.05) is 6.08 Å². The zero-order valence-electron chi connectivity index (χ0n) is 11.3. The van der Waals surface area contributed by atoms with Gasteiger partial charge in [0.05, 0.1) is 0 Å². The maximum absolute atomic E-state index is 11.9. The lowest BCUT2D eigenvalue weighted by Crippen LogP contribution is -2.47. The van der Waals surface area contributed by atoms with Crippen LogP contribution in [0.4, 0.5) is 4.79 Å². The minimum Gasteiger partial charge on any atom is -0.396 e. The minimum absolute atomic E-state index is 0.0847. The maximum atomic E-state index is 11.9. The molecule has 1 rings (SSSR count). The van der Waals surface area contributed by atoms with Crippen LogP contribution in [0.2, 0.25) is 0 Å². The number of nitrogens with one attached hydrogen (secondary N) is 2. The number of aliphatic hydroxyl groups excluding tert-OH is 1. The third kappa shape index (κ3) is 4.69. The molecule has 0 aliphatic heterocycles. The summed E-state index contributed by atoms with van der Waals surface area (Å²) in [6, 6.07) is 0.303. The minimum atomic E-state index is -0.0847. The normalized spacial score (nSPS) is 24.6. The van der Waals surface area contributed by atoms with Crippen LogP contribution in [0.15, 0.2) is 12.7 Å². The summed E-state index contributed by atoms with van der Waals surface area (Å²) in [4.78, 5) is 11.9. The van der Waals surface area contributed by atoms with Gasteiger partial charge in [-0.3, -0.25) is 0 Å². The fourth-order valence-electron chi connectivity index (χ4n) is 2.66. The van der Waals surface area contributed by atoms with E-state index in [2.05, 4.69) is 24.1 Å². The van der Waals surface area contributed by atoms with E-state index >= 15 is 0 Å². The van der Waals surface area contributed by atoms with E-state index in [0.717, 1.165) is 38.5 Å². The van der Waals surface area contributed by atoms with Crippen molar-refractivity contribution in [3.63, 3.8) is 0 Å². The second-order valence-electron chi connectivity index (χ2n) is 5.06. The van der Waals surface area contributed by atoms with Crippen LogP contribution in [0, 0.1) is 5.92 Å². The van der Waals surface area contributed by atoms with E-state index in [4.69, 9.17) is 5.11 Å². The average molecular weight is 254 g/mol. The van der Waals surface area contributed by atoms with Crippen molar-refractivity contribution in [1.29, 1.82) is 0 Å². The van der Waals surface area contributed by atoms with Crippen molar-refractivity contribution in [3.8, 4) is 0 Å². The number of carbonyl (C=O) groups excluding carboxylic acids is 1. The van der Waals surface area contributed by atoms with E-state index in [1.165, 1.54) is 0 Å². The first-order valence-electron chi connectivity index (χ1n) is 7.00. The lowest BCUT2D eigenvalue weighted by molar-refractivity contribution is 0.218. The summed E-state index contributed by atoms with van der Waals surface area (Å²) in [5, 5.41) is 15.0. The molecule has 3 unspecified atom stereocenters. The van der Waals surface area contributed by atoms with Crippen molar-refractivity contribution in [2.75, 3.05) is 6.61 Å². The summed E-state index contributed by atoms with van der Waals surface area (Å²) in [5.74, 6) is 0.431. The Morgan fingerprint density at radius 3 is 2.94 bits per heavy atom. The van der Waals surface area contributed by atoms with Gasteiger partial charge in [0, 0.05) is 18.7 Å². The Morgan fingerprint density at radius 1 is 1.56 bits per heavy atom. The zero-order valence-corrected chi connectivity index (χ0v) is 11.3. The highest BCUT2D eigenvalue weighted by molar-refractivity contribution is 5.74. The second kappa shape index (κ2) is 8.14. The van der Waals surface area contributed by atoms with Crippen LogP contribution >= 0.6 is 0 Å². The molecule has 2 amide bonds. The Hall–Kier alpha value is -1.03. The van der Waals surface area contributed by atoms with E-state index in [0.29, 0.717) is 5.92 Å². The molecule has 4 heteroatoms. The standard InChI is InChI=1S/C14H26N2O2/c1-3-6-12(4-2)15-14(18)16-13-8-5-7-11(13)9-10-17/h3,11-13,17H,1,4-10H2,2H3,(H2,15,16,18). The highest BCUT2D eigenvalue weighted by Crippen LogP contribution is 2.27. The summed E-state index contributed by atoms with van der Waals surface area (Å²) >= 11 is 0. The largest absolute Gasteiger partial charge is 0.396 e. The van der Waals surface area contributed by atoms with Crippen molar-refractivity contribution in [1.82, 2.24) is 10.6 Å². The molecule has 0 heterocycles. The summed E-state index contributed by atoms with van der Waals surface area (Å²) in [6.45, 7) is 5.96. The van der Waals surface area contributed by atoms with E-state index in [-0.39, 0.29) is 24.7 Å². The SMILES string of the molecule is C=CCC(CC)NC(=O)NC1CCCC1CCO. The highest BCUT2D eigenvalue weighted by atomic mass is 16.3. The summed E-state index contributed by atoms with van der Waals surface area (Å²) in [7, 11) is 0. The average Bonchev–Trinajstić information content (AvgIpc) is 2.76. The van der Waals surface area contributed by atoms with Gasteiger partial charge in [0.15, 0.2) is 0 Å². The monoisotopic (exact) mass is 254 g/mol. The predicted molar refractivity (Wildman–Crippen MR) is 73.4 cm³/mol. The summed E-state index contributed by atoms with van der Waals surface area (Å²) in [5.41, 5.74) is 0. The molecule has 0 aromatic heterocycles. The fourth-order valence-corrected chi connectivity index (χ4v) is 2.66. The van der Waals surface area contributed by atoms with Gasteiger partial charge in [-0.05, 0) is 38.0 Å². The number of rotatable bonds is 7. The van der Waals surface area contributed by atoms with Crippen LogP contribution in [0.3, 0.4) is 0 Å². The van der Waals surface area contributed by atoms with Crippen molar-refractivity contribution in [2.45, 2.75) is 57.5 Å². The summed E-state index contributed by atoms with van der Waals surface area (Å²) < 4.78 is 0. The van der Waals surface area contributed by atoms with Gasteiger partial charge in [-0.25, -0.2) is 4.79 Å². The molecule has 0 saturated heterocycles. The Kier molecular flexibility index (Phi) is 6.80. The van der Waals surface area contributed by atoms with Gasteiger partial charge in [0.25, 0.3) is 0 Å². The molecule has 3 atom stereocenters. The highest BCUT2D eigenvalue weighted by Gasteiger charge is 2.28. The Balaban J connectivity index is 2.36. The molecule has 1 saturated carbocycles. The van der Waals surface area contributed by atoms with Gasteiger partial charge in [-0.1, -0.05) is 19.4 Å². The van der Waals surface area contributed by atoms with Crippen LogP contribution in [-0.2, 0) is 0 Å². The van der Waals surface area contributed by atoms with Crippen molar-refractivity contribution < 1.29 is 9.90 Å². The molecular formula is C14H26N2O2. The first-order valence-corrected chi connectivity index (χ1v) is 7.00. The molecule has 18 heavy (non-hydrogen) atoms. The van der Waals surface area contributed by atoms with Gasteiger partial charge < -0.3 is 15.7 Å². The van der Waals surface area contributed by atoms with Crippen molar-refractivity contribution in [2.24, 2.45) is 5.92 Å². The third-order valence-electron chi connectivity index (χ3n) is 3.75. The second-order valence-corrected chi connectivity index (χ2v) is 5.06. The van der Waals surface area contributed by atoms with E-state index < -0.39 is 0 Å². The first kappa shape index (κ1) is 15.0. The lowest BCUT2D eigenvalue weighted by Gasteiger charge is -2.22. The van der Waals surface area contributed by atoms with Gasteiger partial charge in [-0.15, -0.1) is 6.58 Å². The number of hydrogen-bond acceptors (Lipinski definition) is 2. The number of amides is 2. The van der Waals surface area contributed by atoms with Crippen LogP contribution in [0.5, 0.6) is 0 Å². The maximum Gasteiger partial charge on any atom is 0.315 e. The molecule has 104 valence electrons. The van der Waals surface area contributed by atoms with Crippen molar-refractivity contribution >= 4 is 6.03 Å². The van der Waals surface area contributed by atoms with Crippen LogP contribution < -0.4 is 10.6 Å². The number of aliphatic hydroxyl groups is 1. The molecule has 1 fully saturated rings. The molecule has 0 aromatic carbocycles. The van der Waals surface area contributed by atoms with Crippen molar-refractivity contribution in [3.05, 3.63) is 12.7 Å². The Labute approximate surface area is 110 Å². The van der Waals surface area contributed by atoms with Crippen LogP contribution in [0.1, 0.15) is 45.4 Å². The van der Waals surface area contributed by atoms with E-state index in [9.17, 15) is 4.79 Å². The molecular weight excluding hydrogens is 228 g/mol. The molecule has 4 nitrogen and oxygen atoms in total. The number of urea groups is 1. The molecule has 1 aliphatic rings. The quantitative estimate of drug-likeness (QED) is 0.610. The summed E-state index contributed by atoms with van der Waals surface area (Å²) in [6.07, 6.45) is 7.59. The Morgan fingerprint density at radius 2 is 2.33 bits per heavy atom. The molecule has 3 N–H and O–H groups in total. The lowest BCUT2D eigenvalue weighted by atomic mass is 10.0. The molecule has 1 aliphatic carbocycles. The fraction of sp³-hybridized carbons (Fsp3) is 0.786. The predicted octanol–water partition coefficient (Wildman–Crippen LogP) is 2.19. The van der Waals surface area contributed by atoms with Gasteiger partial charge in [-0.2, -0.15) is 0 Å². The zero-order chi connectivity index (χ0) is 13.4. The van der Waals surface area contributed by atoms with E-state index in [1.54, 1.807) is 0 Å². The third-order valence-corrected chi connectivity index (χ3v) is 3.75. The van der Waals surface area contributed by atoms with Gasteiger partial charge >= 0.3 is 6.03 Å². The smallest absolute Gasteiger partial charge is 0.315 e. The van der Waals surface area contributed by atoms with Gasteiger partial charge in [0.2, 0.25) is 0 Å². The molecule has 0 radical (unpaired) electrons. The molecule has 0 spiro atoms. The van der Waals surface area contributed by atoms with Crippen LogP contribution in [0.25, 0.3) is 0 Å². The molecule has 0 aromatic rings. The Bertz CT molecular complexity index is 269. The first-order chi connectivity index (χ1) is 8.71. The molecule has 0 bridgehead atoms. The van der Waals surface area contributed by atoms with Crippen LogP contribution in [-0.4, -0.2) is 29.8 Å². The number of carbonyl (C=O) groups is 1. The van der Waals surface area contributed by atoms with Gasteiger partial charge in [0.1, 0.15) is 0 Å². The number of hydrogen-bond donors (Lipinski definition) is 3. The topological polar surface area (TPSA) is 61.4 Å².